The van der Waals surface area contributed by atoms with Crippen molar-refractivity contribution in [1.82, 2.24) is 16.0 Å². The number of rotatable bonds is 7. The predicted octanol–water partition coefficient (Wildman–Crippen LogP) is 2.41. The Labute approximate surface area is 142 Å². The van der Waals surface area contributed by atoms with E-state index in [1.807, 2.05) is 48.5 Å². The number of imide groups is 1. The molecular formula is C19H23N3O2. The van der Waals surface area contributed by atoms with Gasteiger partial charge in [0.1, 0.15) is 6.04 Å². The van der Waals surface area contributed by atoms with Gasteiger partial charge in [-0.3, -0.25) is 10.1 Å². The molecule has 0 spiro atoms. The third-order valence-electron chi connectivity index (χ3n) is 3.69. The van der Waals surface area contributed by atoms with Crippen molar-refractivity contribution in [3.8, 4) is 0 Å². The highest BCUT2D eigenvalue weighted by molar-refractivity contribution is 5.97. The highest BCUT2D eigenvalue weighted by atomic mass is 16.2. The van der Waals surface area contributed by atoms with Gasteiger partial charge in [-0.1, -0.05) is 60.7 Å². The summed E-state index contributed by atoms with van der Waals surface area (Å²) >= 11 is 0. The molecule has 24 heavy (non-hydrogen) atoms. The average molecular weight is 325 g/mol. The SMILES string of the molecule is CNC(=O)NC(=O)[C@@H](NCCCc1ccccc1)c1ccccc1. The second-order valence-electron chi connectivity index (χ2n) is 5.46. The van der Waals surface area contributed by atoms with Crippen molar-refractivity contribution in [3.63, 3.8) is 0 Å². The first-order valence-electron chi connectivity index (χ1n) is 8.05. The van der Waals surface area contributed by atoms with Crippen molar-refractivity contribution in [2.24, 2.45) is 0 Å². The van der Waals surface area contributed by atoms with Gasteiger partial charge in [0.2, 0.25) is 5.91 Å². The van der Waals surface area contributed by atoms with Crippen LogP contribution in [0, 0.1) is 0 Å². The molecule has 2 aromatic rings. The van der Waals surface area contributed by atoms with E-state index < -0.39 is 12.1 Å². The Kier molecular flexibility index (Phi) is 6.98. The van der Waals surface area contributed by atoms with Crippen LogP contribution in [0.5, 0.6) is 0 Å². The number of urea groups is 1. The fourth-order valence-electron chi connectivity index (χ4n) is 2.44. The van der Waals surface area contributed by atoms with Gasteiger partial charge in [-0.25, -0.2) is 4.79 Å². The van der Waals surface area contributed by atoms with Crippen LogP contribution in [-0.4, -0.2) is 25.5 Å². The quantitative estimate of drug-likeness (QED) is 0.685. The average Bonchev–Trinajstić information content (AvgIpc) is 2.63. The highest BCUT2D eigenvalue weighted by Crippen LogP contribution is 2.13. The number of hydrogen-bond donors (Lipinski definition) is 3. The van der Waals surface area contributed by atoms with Gasteiger partial charge >= 0.3 is 6.03 Å². The molecule has 0 aliphatic heterocycles. The van der Waals surface area contributed by atoms with Gasteiger partial charge in [0.05, 0.1) is 0 Å². The van der Waals surface area contributed by atoms with Gasteiger partial charge in [0.25, 0.3) is 0 Å². The molecule has 0 unspecified atom stereocenters. The minimum Gasteiger partial charge on any atom is -0.341 e. The van der Waals surface area contributed by atoms with Crippen molar-refractivity contribution in [1.29, 1.82) is 0 Å². The molecule has 1 atom stereocenters. The molecule has 0 aromatic heterocycles. The fraction of sp³-hybridized carbons (Fsp3) is 0.263. The standard InChI is InChI=1S/C19H23N3O2/c1-20-19(24)22-18(23)17(16-12-6-3-7-13-16)21-14-8-11-15-9-4-2-5-10-15/h2-7,9-10,12-13,17,21H,8,11,14H2,1H3,(H2,20,22,23,24)/t17-/m0/s1. The van der Waals surface area contributed by atoms with Gasteiger partial charge < -0.3 is 10.6 Å². The summed E-state index contributed by atoms with van der Waals surface area (Å²) in [6, 6.07) is 18.5. The minimum atomic E-state index is -0.556. The summed E-state index contributed by atoms with van der Waals surface area (Å²) in [6.45, 7) is 0.676. The first kappa shape index (κ1) is 17.7. The molecule has 0 aliphatic rings. The summed E-state index contributed by atoms with van der Waals surface area (Å²) in [5, 5.41) is 7.97. The number of hydrogen-bond acceptors (Lipinski definition) is 3. The molecule has 0 saturated heterocycles. The number of carbonyl (C=O) groups is 2. The molecule has 2 rings (SSSR count). The van der Waals surface area contributed by atoms with Crippen LogP contribution >= 0.6 is 0 Å². The number of aryl methyl sites for hydroxylation is 1. The first-order valence-corrected chi connectivity index (χ1v) is 8.05. The predicted molar refractivity (Wildman–Crippen MR) is 94.5 cm³/mol. The normalized spacial score (nSPS) is 11.5. The van der Waals surface area contributed by atoms with Gasteiger partial charge in [0, 0.05) is 7.05 Å². The van der Waals surface area contributed by atoms with Crippen LogP contribution in [-0.2, 0) is 11.2 Å². The molecule has 5 heteroatoms. The van der Waals surface area contributed by atoms with E-state index in [1.54, 1.807) is 0 Å². The summed E-state index contributed by atoms with van der Waals surface area (Å²) in [5.41, 5.74) is 2.10. The second-order valence-corrected chi connectivity index (χ2v) is 5.46. The molecule has 0 bridgehead atoms. The van der Waals surface area contributed by atoms with Gasteiger partial charge in [0.15, 0.2) is 0 Å². The lowest BCUT2D eigenvalue weighted by molar-refractivity contribution is -0.122. The van der Waals surface area contributed by atoms with Gasteiger partial charge in [-0.15, -0.1) is 0 Å². The van der Waals surface area contributed by atoms with Crippen molar-refractivity contribution < 1.29 is 9.59 Å². The lowest BCUT2D eigenvalue weighted by Gasteiger charge is -2.18. The monoisotopic (exact) mass is 325 g/mol. The molecule has 0 radical (unpaired) electrons. The van der Waals surface area contributed by atoms with E-state index in [-0.39, 0.29) is 5.91 Å². The van der Waals surface area contributed by atoms with Crippen LogP contribution in [0.25, 0.3) is 0 Å². The smallest absolute Gasteiger partial charge is 0.321 e. The maximum atomic E-state index is 12.3. The molecular weight excluding hydrogens is 302 g/mol. The van der Waals surface area contributed by atoms with Crippen LogP contribution in [0.3, 0.4) is 0 Å². The van der Waals surface area contributed by atoms with Gasteiger partial charge in [-0.2, -0.15) is 0 Å². The molecule has 0 aliphatic carbocycles. The topological polar surface area (TPSA) is 70.2 Å². The Hall–Kier alpha value is -2.66. The Morgan fingerprint density at radius 1 is 0.958 bits per heavy atom. The second kappa shape index (κ2) is 9.47. The molecule has 0 saturated carbocycles. The Morgan fingerprint density at radius 2 is 1.58 bits per heavy atom. The van der Waals surface area contributed by atoms with Crippen molar-refractivity contribution in [2.45, 2.75) is 18.9 Å². The van der Waals surface area contributed by atoms with Crippen molar-refractivity contribution in [2.75, 3.05) is 13.6 Å². The Morgan fingerprint density at radius 3 is 2.21 bits per heavy atom. The van der Waals surface area contributed by atoms with E-state index in [9.17, 15) is 9.59 Å². The zero-order valence-electron chi connectivity index (χ0n) is 13.8. The van der Waals surface area contributed by atoms with E-state index >= 15 is 0 Å². The van der Waals surface area contributed by atoms with Crippen LogP contribution in [0.2, 0.25) is 0 Å². The van der Waals surface area contributed by atoms with Crippen molar-refractivity contribution in [3.05, 3.63) is 71.8 Å². The fourth-order valence-corrected chi connectivity index (χ4v) is 2.44. The zero-order valence-corrected chi connectivity index (χ0v) is 13.8. The molecule has 2 aromatic carbocycles. The van der Waals surface area contributed by atoms with Crippen LogP contribution in [0.1, 0.15) is 23.6 Å². The van der Waals surface area contributed by atoms with E-state index in [1.165, 1.54) is 12.6 Å². The summed E-state index contributed by atoms with van der Waals surface area (Å²) < 4.78 is 0. The van der Waals surface area contributed by atoms with Crippen molar-refractivity contribution >= 4 is 11.9 Å². The molecule has 0 fully saturated rings. The maximum Gasteiger partial charge on any atom is 0.321 e. The summed E-state index contributed by atoms with van der Waals surface area (Å²) in [5.74, 6) is -0.361. The van der Waals surface area contributed by atoms with Crippen LogP contribution < -0.4 is 16.0 Å². The maximum absolute atomic E-state index is 12.3. The molecule has 126 valence electrons. The van der Waals surface area contributed by atoms with E-state index in [4.69, 9.17) is 0 Å². The third-order valence-corrected chi connectivity index (χ3v) is 3.69. The first-order chi connectivity index (χ1) is 11.7. The summed E-state index contributed by atoms with van der Waals surface area (Å²) in [4.78, 5) is 23.7. The molecule has 0 heterocycles. The highest BCUT2D eigenvalue weighted by Gasteiger charge is 2.21. The number of benzene rings is 2. The summed E-state index contributed by atoms with van der Waals surface area (Å²) in [7, 11) is 1.48. The lowest BCUT2D eigenvalue weighted by atomic mass is 10.1. The van der Waals surface area contributed by atoms with Gasteiger partial charge in [-0.05, 0) is 30.5 Å². The Bertz CT molecular complexity index is 644. The number of carbonyl (C=O) groups excluding carboxylic acids is 2. The molecule has 3 N–H and O–H groups in total. The third kappa shape index (κ3) is 5.52. The van der Waals surface area contributed by atoms with E-state index in [2.05, 4.69) is 28.1 Å². The number of amides is 3. The van der Waals surface area contributed by atoms with Crippen LogP contribution in [0.15, 0.2) is 60.7 Å². The van der Waals surface area contributed by atoms with E-state index in [0.717, 1.165) is 18.4 Å². The number of nitrogens with one attached hydrogen (secondary N) is 3. The van der Waals surface area contributed by atoms with E-state index in [0.29, 0.717) is 6.54 Å². The Balaban J connectivity index is 1.93. The lowest BCUT2D eigenvalue weighted by Crippen LogP contribution is -2.44. The molecule has 5 nitrogen and oxygen atoms in total. The zero-order chi connectivity index (χ0) is 17.2. The largest absolute Gasteiger partial charge is 0.341 e. The van der Waals surface area contributed by atoms with Crippen LogP contribution in [0.4, 0.5) is 4.79 Å². The summed E-state index contributed by atoms with van der Waals surface area (Å²) in [6.07, 6.45) is 1.84. The minimum absolute atomic E-state index is 0.361. The molecule has 3 amide bonds.